The van der Waals surface area contributed by atoms with Crippen molar-refractivity contribution in [3.63, 3.8) is 0 Å². The average Bonchev–Trinajstić information content (AvgIpc) is 2.77. The van der Waals surface area contributed by atoms with Gasteiger partial charge in [-0.1, -0.05) is 0 Å². The second-order valence-electron chi connectivity index (χ2n) is 2.94. The molecular formula is C9H10O2S. The van der Waals surface area contributed by atoms with Crippen LogP contribution in [0.15, 0.2) is 16.8 Å². The van der Waals surface area contributed by atoms with Gasteiger partial charge in [0.05, 0.1) is 6.61 Å². The highest BCUT2D eigenvalue weighted by Gasteiger charge is 2.24. The molecule has 0 aromatic carbocycles. The normalized spacial score (nSPS) is 22.8. The van der Waals surface area contributed by atoms with E-state index in [2.05, 4.69) is 0 Å². The van der Waals surface area contributed by atoms with E-state index in [9.17, 15) is 4.79 Å². The molecule has 0 saturated carbocycles. The first kappa shape index (κ1) is 7.95. The molecule has 1 aliphatic heterocycles. The molecular weight excluding hydrogens is 172 g/mol. The molecule has 0 amide bonds. The summed E-state index contributed by atoms with van der Waals surface area (Å²) in [5.41, 5.74) is 0.843. The van der Waals surface area contributed by atoms with Crippen LogP contribution in [0.4, 0.5) is 0 Å². The molecule has 2 rings (SSSR count). The molecule has 1 saturated heterocycles. The fraction of sp³-hybridized carbons (Fsp3) is 0.444. The Labute approximate surface area is 75.2 Å². The minimum atomic E-state index is 0.111. The van der Waals surface area contributed by atoms with Gasteiger partial charge >= 0.3 is 0 Å². The fourth-order valence-corrected chi connectivity index (χ4v) is 2.03. The van der Waals surface area contributed by atoms with Crippen LogP contribution < -0.4 is 0 Å². The van der Waals surface area contributed by atoms with Crippen LogP contribution in [0.25, 0.3) is 0 Å². The van der Waals surface area contributed by atoms with Crippen molar-refractivity contribution >= 4 is 17.1 Å². The lowest BCUT2D eigenvalue weighted by Crippen LogP contribution is -2.13. The molecule has 1 aliphatic rings. The monoisotopic (exact) mass is 182 g/mol. The summed E-state index contributed by atoms with van der Waals surface area (Å²) >= 11 is 1.57. The van der Waals surface area contributed by atoms with Crippen LogP contribution in [0.5, 0.6) is 0 Å². The Balaban J connectivity index is 2.09. The second kappa shape index (κ2) is 3.37. The summed E-state index contributed by atoms with van der Waals surface area (Å²) in [7, 11) is 0. The minimum absolute atomic E-state index is 0.111. The van der Waals surface area contributed by atoms with E-state index in [-0.39, 0.29) is 11.7 Å². The molecule has 1 atom stereocenters. The summed E-state index contributed by atoms with van der Waals surface area (Å²) < 4.78 is 5.16. The highest BCUT2D eigenvalue weighted by atomic mass is 32.1. The van der Waals surface area contributed by atoms with Gasteiger partial charge in [-0.3, -0.25) is 4.79 Å². The first-order chi connectivity index (χ1) is 5.88. The molecule has 0 bridgehead atoms. The Morgan fingerprint density at radius 2 is 2.58 bits per heavy atom. The summed E-state index contributed by atoms with van der Waals surface area (Å²) in [5, 5.41) is 3.84. The van der Waals surface area contributed by atoms with Crippen LogP contribution in [-0.2, 0) is 4.74 Å². The van der Waals surface area contributed by atoms with Crippen molar-refractivity contribution in [1.29, 1.82) is 0 Å². The molecule has 3 heteroatoms. The number of hydrogen-bond donors (Lipinski definition) is 0. The number of ether oxygens (including phenoxy) is 1. The number of thiophene rings is 1. The fourth-order valence-electron chi connectivity index (χ4n) is 1.38. The Hall–Kier alpha value is -0.670. The molecule has 1 aromatic rings. The quantitative estimate of drug-likeness (QED) is 0.654. The smallest absolute Gasteiger partial charge is 0.169 e. The lowest BCUT2D eigenvalue weighted by molar-refractivity contribution is 0.0901. The summed E-state index contributed by atoms with van der Waals surface area (Å²) in [6.45, 7) is 1.34. The first-order valence-electron chi connectivity index (χ1n) is 4.02. The number of carbonyl (C=O) groups is 1. The number of hydrogen-bond acceptors (Lipinski definition) is 3. The van der Waals surface area contributed by atoms with Crippen LogP contribution >= 0.6 is 11.3 Å². The van der Waals surface area contributed by atoms with Crippen molar-refractivity contribution in [2.45, 2.75) is 6.42 Å². The topological polar surface area (TPSA) is 26.3 Å². The lowest BCUT2D eigenvalue weighted by atomic mass is 9.99. The van der Waals surface area contributed by atoms with Crippen LogP contribution in [0.3, 0.4) is 0 Å². The average molecular weight is 182 g/mol. The van der Waals surface area contributed by atoms with Gasteiger partial charge in [0.25, 0.3) is 0 Å². The van der Waals surface area contributed by atoms with Crippen LogP contribution in [0, 0.1) is 5.92 Å². The zero-order valence-electron chi connectivity index (χ0n) is 6.66. The van der Waals surface area contributed by atoms with E-state index in [1.165, 1.54) is 0 Å². The maximum absolute atomic E-state index is 11.6. The molecule has 2 nitrogen and oxygen atoms in total. The van der Waals surface area contributed by atoms with Gasteiger partial charge in [-0.25, -0.2) is 0 Å². The van der Waals surface area contributed by atoms with E-state index in [1.807, 2.05) is 16.8 Å². The van der Waals surface area contributed by atoms with Crippen molar-refractivity contribution in [1.82, 2.24) is 0 Å². The zero-order chi connectivity index (χ0) is 8.39. The number of ketones is 1. The SMILES string of the molecule is O=C(c1ccsc1)C1CCOC1. The summed E-state index contributed by atoms with van der Waals surface area (Å²) in [5.74, 6) is 0.355. The highest BCUT2D eigenvalue weighted by Crippen LogP contribution is 2.19. The van der Waals surface area contributed by atoms with Gasteiger partial charge in [0.2, 0.25) is 0 Å². The molecule has 2 heterocycles. The van der Waals surface area contributed by atoms with Gasteiger partial charge in [0.15, 0.2) is 5.78 Å². The van der Waals surface area contributed by atoms with E-state index in [1.54, 1.807) is 11.3 Å². The van der Waals surface area contributed by atoms with Crippen molar-refractivity contribution < 1.29 is 9.53 Å². The van der Waals surface area contributed by atoms with Crippen molar-refractivity contribution in [2.75, 3.05) is 13.2 Å². The molecule has 0 spiro atoms. The molecule has 1 aromatic heterocycles. The summed E-state index contributed by atoms with van der Waals surface area (Å²) in [4.78, 5) is 11.6. The Morgan fingerprint density at radius 3 is 3.17 bits per heavy atom. The number of carbonyl (C=O) groups excluding carboxylic acids is 1. The van der Waals surface area contributed by atoms with E-state index >= 15 is 0 Å². The Kier molecular flexibility index (Phi) is 2.23. The van der Waals surface area contributed by atoms with Gasteiger partial charge in [-0.15, -0.1) is 0 Å². The molecule has 64 valence electrons. The van der Waals surface area contributed by atoms with Gasteiger partial charge in [-0.2, -0.15) is 11.3 Å². The lowest BCUT2D eigenvalue weighted by Gasteiger charge is -2.02. The van der Waals surface area contributed by atoms with Gasteiger partial charge in [-0.05, 0) is 17.9 Å². The number of Topliss-reactive ketones (excluding diaryl/α,β-unsaturated/α-hetero) is 1. The summed E-state index contributed by atoms with van der Waals surface area (Å²) in [6.07, 6.45) is 0.884. The van der Waals surface area contributed by atoms with Crippen molar-refractivity contribution in [3.05, 3.63) is 22.4 Å². The molecule has 0 N–H and O–H groups in total. The number of rotatable bonds is 2. The highest BCUT2D eigenvalue weighted by molar-refractivity contribution is 7.08. The molecule has 0 radical (unpaired) electrons. The molecule has 12 heavy (non-hydrogen) atoms. The largest absolute Gasteiger partial charge is 0.381 e. The van der Waals surface area contributed by atoms with Crippen molar-refractivity contribution in [2.24, 2.45) is 5.92 Å². The van der Waals surface area contributed by atoms with Crippen LogP contribution in [-0.4, -0.2) is 19.0 Å². The minimum Gasteiger partial charge on any atom is -0.381 e. The third-order valence-corrected chi connectivity index (χ3v) is 2.79. The third-order valence-electron chi connectivity index (χ3n) is 2.11. The van der Waals surface area contributed by atoms with Crippen molar-refractivity contribution in [3.8, 4) is 0 Å². The zero-order valence-corrected chi connectivity index (χ0v) is 7.47. The van der Waals surface area contributed by atoms with E-state index in [4.69, 9.17) is 4.74 Å². The predicted octanol–water partition coefficient (Wildman–Crippen LogP) is 1.97. The molecule has 0 aliphatic carbocycles. The Morgan fingerprint density at radius 1 is 1.67 bits per heavy atom. The maximum Gasteiger partial charge on any atom is 0.169 e. The van der Waals surface area contributed by atoms with Crippen LogP contribution in [0.1, 0.15) is 16.8 Å². The van der Waals surface area contributed by atoms with E-state index in [0.29, 0.717) is 6.61 Å². The predicted molar refractivity (Wildman–Crippen MR) is 47.6 cm³/mol. The third kappa shape index (κ3) is 1.42. The van der Waals surface area contributed by atoms with Gasteiger partial charge in [0.1, 0.15) is 0 Å². The first-order valence-corrected chi connectivity index (χ1v) is 4.96. The standard InChI is InChI=1S/C9H10O2S/c10-9(7-1-3-11-5-7)8-2-4-12-6-8/h2,4,6-7H,1,3,5H2. The van der Waals surface area contributed by atoms with E-state index in [0.717, 1.165) is 18.6 Å². The molecule has 1 fully saturated rings. The van der Waals surface area contributed by atoms with Gasteiger partial charge in [0, 0.05) is 23.5 Å². The molecule has 1 unspecified atom stereocenters. The van der Waals surface area contributed by atoms with Crippen LogP contribution in [0.2, 0.25) is 0 Å². The maximum atomic E-state index is 11.6. The Bertz CT molecular complexity index is 260. The van der Waals surface area contributed by atoms with E-state index < -0.39 is 0 Å². The van der Waals surface area contributed by atoms with Gasteiger partial charge < -0.3 is 4.74 Å². The second-order valence-corrected chi connectivity index (χ2v) is 3.72. The summed E-state index contributed by atoms with van der Waals surface area (Å²) in [6, 6.07) is 1.88.